The van der Waals surface area contributed by atoms with Crippen molar-refractivity contribution in [2.45, 2.75) is 45.3 Å². The molecule has 0 unspecified atom stereocenters. The molecule has 1 aromatic heterocycles. The molecule has 0 saturated carbocycles. The number of ether oxygens (including phenoxy) is 1. The zero-order chi connectivity index (χ0) is 28.8. The maximum atomic E-state index is 15.2. The summed E-state index contributed by atoms with van der Waals surface area (Å²) in [7, 11) is 0. The Morgan fingerprint density at radius 2 is 1.69 bits per heavy atom. The van der Waals surface area contributed by atoms with Gasteiger partial charge in [-0.1, -0.05) is 26.0 Å². The third-order valence-electron chi connectivity index (χ3n) is 5.97. The van der Waals surface area contributed by atoms with Gasteiger partial charge in [0.2, 0.25) is 0 Å². The van der Waals surface area contributed by atoms with Gasteiger partial charge in [0, 0.05) is 30.2 Å². The number of nitrogens with zero attached hydrogens (tertiary/aromatic N) is 3. The van der Waals surface area contributed by atoms with Crippen molar-refractivity contribution in [2.24, 2.45) is 5.92 Å². The molecule has 0 bridgehead atoms. The minimum Gasteiger partial charge on any atom is -0.406 e. The summed E-state index contributed by atoms with van der Waals surface area (Å²) in [6.45, 7) is 4.34. The normalized spacial score (nSPS) is 13.9. The maximum absolute atomic E-state index is 15.2. The van der Waals surface area contributed by atoms with E-state index in [2.05, 4.69) is 20.0 Å². The molecule has 2 atom stereocenters. The van der Waals surface area contributed by atoms with Gasteiger partial charge in [-0.15, -0.1) is 13.2 Å². The maximum Gasteiger partial charge on any atom is 0.573 e. The van der Waals surface area contributed by atoms with Crippen LogP contribution in [-0.4, -0.2) is 40.9 Å². The van der Waals surface area contributed by atoms with Crippen molar-refractivity contribution in [2.75, 3.05) is 11.4 Å². The van der Waals surface area contributed by atoms with E-state index in [0.717, 1.165) is 29.2 Å². The summed E-state index contributed by atoms with van der Waals surface area (Å²) in [5.41, 5.74) is -1.28. The summed E-state index contributed by atoms with van der Waals surface area (Å²) in [4.78, 5) is 36.0. The second kappa shape index (κ2) is 12.2. The molecule has 39 heavy (non-hydrogen) atoms. The number of hydrogen-bond donors (Lipinski definition) is 1. The van der Waals surface area contributed by atoms with Crippen molar-refractivity contribution in [1.82, 2.24) is 15.3 Å². The van der Waals surface area contributed by atoms with E-state index < -0.39 is 47.4 Å². The van der Waals surface area contributed by atoms with Gasteiger partial charge in [0.25, 0.3) is 11.8 Å². The molecule has 208 valence electrons. The first-order valence-electron chi connectivity index (χ1n) is 11.9. The van der Waals surface area contributed by atoms with E-state index in [-0.39, 0.29) is 24.2 Å². The Hall–Kier alpha value is -4.09. The second-order valence-electron chi connectivity index (χ2n) is 9.20. The molecule has 0 radical (unpaired) electrons. The topological polar surface area (TPSA) is 84.4 Å². The Bertz CT molecular complexity index is 1270. The summed E-state index contributed by atoms with van der Waals surface area (Å²) >= 11 is 0. The van der Waals surface area contributed by atoms with Gasteiger partial charge in [-0.3, -0.25) is 14.5 Å². The minimum atomic E-state index is -4.95. The molecule has 3 rings (SSSR count). The Morgan fingerprint density at radius 1 is 1.05 bits per heavy atom. The number of anilines is 1. The van der Waals surface area contributed by atoms with Crippen molar-refractivity contribution < 1.29 is 36.3 Å². The molecule has 2 aromatic carbocycles. The van der Waals surface area contributed by atoms with Crippen molar-refractivity contribution >= 4 is 17.5 Å². The number of alkyl halides is 4. The van der Waals surface area contributed by atoms with E-state index in [1.165, 1.54) is 57.7 Å². The largest absolute Gasteiger partial charge is 0.573 e. The Labute approximate surface area is 222 Å². The van der Waals surface area contributed by atoms with Gasteiger partial charge in [0.1, 0.15) is 17.9 Å². The van der Waals surface area contributed by atoms with Crippen LogP contribution < -0.4 is 15.0 Å². The van der Waals surface area contributed by atoms with Gasteiger partial charge < -0.3 is 10.1 Å². The summed E-state index contributed by atoms with van der Waals surface area (Å²) in [5, 5.41) is 2.70. The summed E-state index contributed by atoms with van der Waals surface area (Å²) < 4.78 is 70.7. The number of amides is 2. The fraction of sp³-hybridized carbons (Fsp3) is 0.333. The number of rotatable bonds is 10. The Morgan fingerprint density at radius 3 is 2.26 bits per heavy atom. The monoisotopic (exact) mass is 550 g/mol. The molecule has 2 amide bonds. The molecule has 7 nitrogen and oxygen atoms in total. The molecule has 1 N–H and O–H groups in total. The molecule has 0 aliphatic carbocycles. The standard InChI is InChI=1S/C27H27F5N4O3/c1-17(2)23(29)24(37)36(21-7-9-22(10-8-21)39-27(30,31)32)26(3,19-14-33-16-34-15-19)25(38)35-12-11-18-5-4-6-20(28)13-18/h4-10,13-17,23H,11-12H2,1-3H3,(H,35,38)/t23-,26+/m1/s1. The summed E-state index contributed by atoms with van der Waals surface area (Å²) in [6, 6.07) is 9.94. The molecule has 12 heteroatoms. The van der Waals surface area contributed by atoms with Crippen molar-refractivity contribution in [3.8, 4) is 5.75 Å². The first kappa shape index (κ1) is 29.5. The first-order valence-corrected chi connectivity index (χ1v) is 11.9. The van der Waals surface area contributed by atoms with Gasteiger partial charge >= 0.3 is 6.36 Å². The lowest BCUT2D eigenvalue weighted by molar-refractivity contribution is -0.274. The number of carbonyl (C=O) groups excluding carboxylic acids is 2. The summed E-state index contributed by atoms with van der Waals surface area (Å²) in [6.07, 6.45) is -2.99. The lowest BCUT2D eigenvalue weighted by atomic mass is 9.88. The van der Waals surface area contributed by atoms with Crippen LogP contribution in [0.25, 0.3) is 0 Å². The lowest BCUT2D eigenvalue weighted by Gasteiger charge is -2.41. The predicted octanol–water partition coefficient (Wildman–Crippen LogP) is 5.12. The Balaban J connectivity index is 2.04. The van der Waals surface area contributed by atoms with Crippen LogP contribution in [0, 0.1) is 11.7 Å². The van der Waals surface area contributed by atoms with Gasteiger partial charge in [-0.25, -0.2) is 18.7 Å². The smallest absolute Gasteiger partial charge is 0.406 e. The van der Waals surface area contributed by atoms with Crippen molar-refractivity contribution in [1.29, 1.82) is 0 Å². The van der Waals surface area contributed by atoms with Crippen LogP contribution in [0.15, 0.2) is 67.3 Å². The molecule has 1 heterocycles. The van der Waals surface area contributed by atoms with Crippen LogP contribution in [0.3, 0.4) is 0 Å². The quantitative estimate of drug-likeness (QED) is 0.355. The number of halogens is 5. The molecular weight excluding hydrogens is 523 g/mol. The van der Waals surface area contributed by atoms with E-state index in [0.29, 0.717) is 5.56 Å². The molecule has 0 fully saturated rings. The number of carbonyl (C=O) groups is 2. The van der Waals surface area contributed by atoms with E-state index in [9.17, 15) is 27.2 Å². The molecular formula is C27H27F5N4O3. The Kier molecular flexibility index (Phi) is 9.20. The van der Waals surface area contributed by atoms with Gasteiger partial charge in [0.15, 0.2) is 11.7 Å². The predicted molar refractivity (Wildman–Crippen MR) is 133 cm³/mol. The highest BCUT2D eigenvalue weighted by molar-refractivity contribution is 6.05. The van der Waals surface area contributed by atoms with Crippen LogP contribution in [0.4, 0.5) is 27.6 Å². The third-order valence-corrected chi connectivity index (χ3v) is 5.97. The average Bonchev–Trinajstić information content (AvgIpc) is 2.88. The summed E-state index contributed by atoms with van der Waals surface area (Å²) in [5.74, 6) is -3.62. The van der Waals surface area contributed by atoms with Gasteiger partial charge in [0.05, 0.1) is 0 Å². The van der Waals surface area contributed by atoms with Gasteiger partial charge in [-0.05, 0) is 61.2 Å². The fourth-order valence-electron chi connectivity index (χ4n) is 3.91. The van der Waals surface area contributed by atoms with Crippen LogP contribution in [0.1, 0.15) is 31.9 Å². The van der Waals surface area contributed by atoms with E-state index in [1.807, 2.05) is 0 Å². The molecule has 0 aliphatic heterocycles. The van der Waals surface area contributed by atoms with Crippen molar-refractivity contribution in [3.05, 3.63) is 84.2 Å². The molecule has 0 aliphatic rings. The highest BCUT2D eigenvalue weighted by Gasteiger charge is 2.47. The van der Waals surface area contributed by atoms with E-state index in [4.69, 9.17) is 0 Å². The average molecular weight is 551 g/mol. The third kappa shape index (κ3) is 7.27. The van der Waals surface area contributed by atoms with E-state index in [1.54, 1.807) is 6.07 Å². The van der Waals surface area contributed by atoms with Crippen LogP contribution in [-0.2, 0) is 21.5 Å². The second-order valence-corrected chi connectivity index (χ2v) is 9.20. The van der Waals surface area contributed by atoms with Crippen LogP contribution in [0.5, 0.6) is 5.75 Å². The number of aromatic nitrogens is 2. The van der Waals surface area contributed by atoms with Crippen molar-refractivity contribution in [3.63, 3.8) is 0 Å². The molecule has 0 saturated heterocycles. The lowest BCUT2D eigenvalue weighted by Crippen LogP contribution is -2.59. The van der Waals surface area contributed by atoms with Crippen LogP contribution in [0.2, 0.25) is 0 Å². The van der Waals surface area contributed by atoms with Crippen LogP contribution >= 0.6 is 0 Å². The number of nitrogens with one attached hydrogen (secondary N) is 1. The fourth-order valence-corrected chi connectivity index (χ4v) is 3.91. The first-order chi connectivity index (χ1) is 18.3. The number of benzene rings is 2. The zero-order valence-corrected chi connectivity index (χ0v) is 21.4. The SMILES string of the molecule is CC(C)[C@@H](F)C(=O)N(c1ccc(OC(F)(F)F)cc1)[C@](C)(C(=O)NCCc1cccc(F)c1)c1cncnc1. The van der Waals surface area contributed by atoms with E-state index >= 15 is 4.39 Å². The highest BCUT2D eigenvalue weighted by Crippen LogP contribution is 2.36. The zero-order valence-electron chi connectivity index (χ0n) is 21.4. The molecule has 3 aromatic rings. The minimum absolute atomic E-state index is 0.0369. The number of hydrogen-bond acceptors (Lipinski definition) is 5. The highest BCUT2D eigenvalue weighted by atomic mass is 19.4. The molecule has 0 spiro atoms. The van der Waals surface area contributed by atoms with Gasteiger partial charge in [-0.2, -0.15) is 0 Å².